The lowest BCUT2D eigenvalue weighted by Gasteiger charge is -2.34. The number of carbonyl (C=O) groups is 2. The number of imidazole rings is 1. The molecule has 2 heterocycles. The van der Waals surface area contributed by atoms with Crippen molar-refractivity contribution >= 4 is 28.5 Å². The highest BCUT2D eigenvalue weighted by molar-refractivity contribution is 5.85. The minimum atomic E-state index is -0.422. The number of benzene rings is 2. The van der Waals surface area contributed by atoms with Gasteiger partial charge in [0.1, 0.15) is 5.82 Å². The van der Waals surface area contributed by atoms with Crippen LogP contribution < -0.4 is 30.3 Å². The Bertz CT molecular complexity index is 1820. The SMILES string of the molecule is COc1cc2c(c(OC)c1OC)-c1ccc(NCC(=O)N3CCCC[C@@H]3c3nc4ccccc4[nH]3)c(=O)cc1[C@@H](NC(C)=O)CC2. The van der Waals surface area contributed by atoms with Gasteiger partial charge in [0, 0.05) is 19.0 Å². The van der Waals surface area contributed by atoms with Gasteiger partial charge in [-0.15, -0.1) is 0 Å². The molecule has 1 aliphatic heterocycles. The van der Waals surface area contributed by atoms with Crippen LogP contribution >= 0.6 is 0 Å². The Hall–Kier alpha value is -5.06. The van der Waals surface area contributed by atoms with Crippen LogP contribution in [-0.4, -0.2) is 61.1 Å². The van der Waals surface area contributed by atoms with Crippen molar-refractivity contribution in [2.24, 2.45) is 0 Å². The van der Waals surface area contributed by atoms with Crippen molar-refractivity contribution in [2.45, 2.75) is 51.1 Å². The Morgan fingerprint density at radius 2 is 1.80 bits per heavy atom. The molecule has 2 amide bonds. The third kappa shape index (κ3) is 5.84. The van der Waals surface area contributed by atoms with E-state index in [9.17, 15) is 14.4 Å². The zero-order chi connectivity index (χ0) is 32.4. The summed E-state index contributed by atoms with van der Waals surface area (Å²) in [4.78, 5) is 49.6. The van der Waals surface area contributed by atoms with Gasteiger partial charge < -0.3 is 34.7 Å². The molecule has 6 rings (SSSR count). The van der Waals surface area contributed by atoms with Crippen molar-refractivity contribution in [3.05, 3.63) is 75.7 Å². The summed E-state index contributed by atoms with van der Waals surface area (Å²) >= 11 is 0. The summed E-state index contributed by atoms with van der Waals surface area (Å²) in [5, 5.41) is 6.14. The van der Waals surface area contributed by atoms with E-state index < -0.39 is 6.04 Å². The number of ether oxygens (including phenoxy) is 3. The Balaban J connectivity index is 1.34. The standard InChI is InChI=1S/C35H39N5O6/c1-20(41)37-24-14-12-21-17-30(44-2)33(45-3)34(46-4)32(21)22-13-15-27(29(42)18-23(22)24)36-19-31(43)40-16-8-7-11-28(40)35-38-25-9-5-6-10-26(25)39-35/h5-6,9-10,13,15,17-18,24,28H,7-8,11-12,14,16,19H2,1-4H3,(H,36,42)(H,37,41)(H,38,39)/t24-,28+/m0/s1. The summed E-state index contributed by atoms with van der Waals surface area (Å²) in [6.45, 7) is 2.02. The highest BCUT2D eigenvalue weighted by Crippen LogP contribution is 2.50. The minimum absolute atomic E-state index is 0.0549. The molecule has 11 nitrogen and oxygen atoms in total. The maximum absolute atomic E-state index is 13.7. The van der Waals surface area contributed by atoms with Crippen molar-refractivity contribution in [1.82, 2.24) is 20.2 Å². The average molecular weight is 626 g/mol. The fourth-order valence-electron chi connectivity index (χ4n) is 6.77. The van der Waals surface area contributed by atoms with Gasteiger partial charge in [0.05, 0.1) is 56.7 Å². The zero-order valence-electron chi connectivity index (χ0n) is 26.6. The third-order valence-corrected chi connectivity index (χ3v) is 8.89. The average Bonchev–Trinajstić information content (AvgIpc) is 3.37. The van der Waals surface area contributed by atoms with Crippen LogP contribution in [0.1, 0.15) is 61.6 Å². The second kappa shape index (κ2) is 13.1. The highest BCUT2D eigenvalue weighted by Gasteiger charge is 2.31. The highest BCUT2D eigenvalue weighted by atomic mass is 16.5. The molecule has 0 bridgehead atoms. The number of likely N-dealkylation sites (tertiary alicyclic amines) is 1. The molecule has 3 aromatic carbocycles. The van der Waals surface area contributed by atoms with Gasteiger partial charge in [0.2, 0.25) is 23.0 Å². The van der Waals surface area contributed by atoms with Gasteiger partial charge in [-0.1, -0.05) is 18.2 Å². The first-order valence-electron chi connectivity index (χ1n) is 15.6. The van der Waals surface area contributed by atoms with Crippen LogP contribution in [0.15, 0.2) is 53.3 Å². The molecule has 11 heteroatoms. The number of aromatic amines is 1. The molecule has 1 aliphatic carbocycles. The number of nitrogens with one attached hydrogen (secondary N) is 3. The lowest BCUT2D eigenvalue weighted by molar-refractivity contribution is -0.133. The summed E-state index contributed by atoms with van der Waals surface area (Å²) < 4.78 is 17.1. The van der Waals surface area contributed by atoms with Crippen LogP contribution in [0, 0.1) is 0 Å². The smallest absolute Gasteiger partial charge is 0.242 e. The van der Waals surface area contributed by atoms with Gasteiger partial charge in [-0.2, -0.15) is 0 Å². The molecule has 3 N–H and O–H groups in total. The monoisotopic (exact) mass is 625 g/mol. The first kappa shape index (κ1) is 30.9. The molecule has 240 valence electrons. The number of rotatable bonds is 8. The Morgan fingerprint density at radius 1 is 1.00 bits per heavy atom. The van der Waals surface area contributed by atoms with Gasteiger partial charge in [0.15, 0.2) is 11.5 Å². The lowest BCUT2D eigenvalue weighted by Crippen LogP contribution is -2.42. The van der Waals surface area contributed by atoms with Crippen molar-refractivity contribution in [3.8, 4) is 28.4 Å². The van der Waals surface area contributed by atoms with E-state index in [1.165, 1.54) is 6.92 Å². The number of anilines is 1. The molecule has 2 aliphatic rings. The van der Waals surface area contributed by atoms with Gasteiger partial charge in [-0.25, -0.2) is 4.98 Å². The predicted molar refractivity (Wildman–Crippen MR) is 176 cm³/mol. The number of hydrogen-bond acceptors (Lipinski definition) is 8. The topological polar surface area (TPSA) is 135 Å². The van der Waals surface area contributed by atoms with E-state index in [0.29, 0.717) is 42.2 Å². The van der Waals surface area contributed by atoms with Crippen LogP contribution in [0.5, 0.6) is 17.2 Å². The van der Waals surface area contributed by atoms with Crippen LogP contribution in [0.2, 0.25) is 0 Å². The van der Waals surface area contributed by atoms with E-state index in [1.807, 2.05) is 41.3 Å². The fourth-order valence-corrected chi connectivity index (χ4v) is 6.77. The number of hydrogen-bond donors (Lipinski definition) is 3. The third-order valence-electron chi connectivity index (χ3n) is 8.89. The first-order chi connectivity index (χ1) is 22.3. The zero-order valence-corrected chi connectivity index (χ0v) is 26.6. The second-order valence-electron chi connectivity index (χ2n) is 11.7. The molecule has 0 radical (unpaired) electrons. The Kier molecular flexibility index (Phi) is 8.83. The van der Waals surface area contributed by atoms with Gasteiger partial charge in [-0.05, 0) is 79.1 Å². The molecule has 1 fully saturated rings. The number of fused-ring (bicyclic) bond motifs is 4. The summed E-state index contributed by atoms with van der Waals surface area (Å²) in [6, 6.07) is 14.2. The maximum Gasteiger partial charge on any atom is 0.242 e. The largest absolute Gasteiger partial charge is 0.493 e. The quantitative estimate of drug-likeness (QED) is 0.252. The maximum atomic E-state index is 13.7. The van der Waals surface area contributed by atoms with Crippen molar-refractivity contribution in [3.63, 3.8) is 0 Å². The Morgan fingerprint density at radius 3 is 2.54 bits per heavy atom. The molecular weight excluding hydrogens is 586 g/mol. The molecule has 0 saturated carbocycles. The van der Waals surface area contributed by atoms with Gasteiger partial charge in [0.25, 0.3) is 0 Å². The van der Waals surface area contributed by atoms with Crippen LogP contribution in [0.4, 0.5) is 5.69 Å². The molecule has 46 heavy (non-hydrogen) atoms. The van der Waals surface area contributed by atoms with E-state index in [2.05, 4.69) is 15.6 Å². The number of H-pyrrole nitrogens is 1. The number of methoxy groups -OCH3 is 3. The summed E-state index contributed by atoms with van der Waals surface area (Å²) in [6.07, 6.45) is 3.88. The van der Waals surface area contributed by atoms with Gasteiger partial charge in [-0.3, -0.25) is 14.4 Å². The molecule has 4 aromatic rings. The van der Waals surface area contributed by atoms with Gasteiger partial charge >= 0.3 is 0 Å². The predicted octanol–water partition coefficient (Wildman–Crippen LogP) is 4.91. The second-order valence-corrected chi connectivity index (χ2v) is 11.7. The minimum Gasteiger partial charge on any atom is -0.493 e. The van der Waals surface area contributed by atoms with E-state index in [1.54, 1.807) is 33.5 Å². The van der Waals surface area contributed by atoms with Crippen molar-refractivity contribution in [1.29, 1.82) is 0 Å². The van der Waals surface area contributed by atoms with Crippen LogP contribution in [-0.2, 0) is 16.0 Å². The number of aryl methyl sites for hydroxylation is 1. The molecule has 1 saturated heterocycles. The van der Waals surface area contributed by atoms with E-state index in [4.69, 9.17) is 19.2 Å². The molecule has 2 atom stereocenters. The normalized spacial score (nSPS) is 17.3. The van der Waals surface area contributed by atoms with Crippen molar-refractivity contribution < 1.29 is 23.8 Å². The fraction of sp³-hybridized carbons (Fsp3) is 0.371. The van der Waals surface area contributed by atoms with E-state index in [0.717, 1.165) is 52.8 Å². The van der Waals surface area contributed by atoms with Crippen LogP contribution in [0.25, 0.3) is 22.2 Å². The number of aromatic nitrogens is 2. The van der Waals surface area contributed by atoms with Crippen molar-refractivity contribution in [2.75, 3.05) is 39.7 Å². The lowest BCUT2D eigenvalue weighted by atomic mass is 9.95. The molecular formula is C35H39N5O6. The summed E-state index contributed by atoms with van der Waals surface area (Å²) in [5.41, 5.74) is 4.88. The Labute approximate surface area is 267 Å². The molecule has 0 unspecified atom stereocenters. The first-order valence-corrected chi connectivity index (χ1v) is 15.6. The number of amides is 2. The van der Waals surface area contributed by atoms with E-state index in [-0.39, 0.29) is 35.5 Å². The summed E-state index contributed by atoms with van der Waals surface area (Å²) in [7, 11) is 4.68. The van der Waals surface area contributed by atoms with Crippen LogP contribution in [0.3, 0.4) is 0 Å². The number of nitrogens with zero attached hydrogens (tertiary/aromatic N) is 2. The summed E-state index contributed by atoms with van der Waals surface area (Å²) in [5.74, 6) is 1.90. The van der Waals surface area contributed by atoms with E-state index >= 15 is 0 Å². The molecule has 1 aromatic heterocycles. The number of para-hydroxylation sites is 2. The molecule has 0 spiro atoms. The number of carbonyl (C=O) groups excluding carboxylic acids is 2. The number of piperidine rings is 1.